The molecule has 0 aliphatic heterocycles. The van der Waals surface area contributed by atoms with Crippen LogP contribution >= 0.6 is 0 Å². The van der Waals surface area contributed by atoms with E-state index >= 15 is 0 Å². The number of furan rings is 1. The van der Waals surface area contributed by atoms with Crippen LogP contribution < -0.4 is 0 Å². The summed E-state index contributed by atoms with van der Waals surface area (Å²) in [6.45, 7) is 2.33. The zero-order chi connectivity index (χ0) is 36.5. The minimum absolute atomic E-state index is 0.221. The molecule has 4 unspecified atom stereocenters. The van der Waals surface area contributed by atoms with E-state index in [4.69, 9.17) is 4.42 Å². The highest BCUT2D eigenvalue weighted by Gasteiger charge is 2.30. The lowest BCUT2D eigenvalue weighted by atomic mass is 9.72. The molecule has 0 bridgehead atoms. The highest BCUT2D eigenvalue weighted by Crippen LogP contribution is 2.46. The van der Waals surface area contributed by atoms with Crippen LogP contribution in [-0.4, -0.2) is 4.57 Å². The fraction of sp³-hybridized carbons (Fsp3) is 0.132. The lowest BCUT2D eigenvalue weighted by molar-refractivity contribution is 0.668. The number of rotatable bonds is 5. The Morgan fingerprint density at radius 3 is 2.15 bits per heavy atom. The number of hydrogen-bond acceptors (Lipinski definition) is 1. The average molecular weight is 708 g/mol. The highest BCUT2D eigenvalue weighted by atomic mass is 16.3. The summed E-state index contributed by atoms with van der Waals surface area (Å²) in [6, 6.07) is 36.2. The Morgan fingerprint density at radius 2 is 1.29 bits per heavy atom. The molecule has 4 aliphatic carbocycles. The number of aromatic nitrogens is 1. The van der Waals surface area contributed by atoms with Gasteiger partial charge in [-0.3, -0.25) is 0 Å². The summed E-state index contributed by atoms with van der Waals surface area (Å²) in [5.41, 5.74) is 15.0. The van der Waals surface area contributed by atoms with Crippen LogP contribution in [0.2, 0.25) is 0 Å². The van der Waals surface area contributed by atoms with Crippen molar-refractivity contribution in [3.63, 3.8) is 0 Å². The van der Waals surface area contributed by atoms with Crippen molar-refractivity contribution in [3.8, 4) is 5.69 Å². The molecule has 0 N–H and O–H groups in total. The number of nitrogens with zero attached hydrogens (tertiary/aromatic N) is 1. The highest BCUT2D eigenvalue weighted by molar-refractivity contribution is 6.10. The summed E-state index contributed by atoms with van der Waals surface area (Å²) in [5.74, 6) is 1.20. The van der Waals surface area contributed by atoms with Crippen LogP contribution in [0.4, 0.5) is 0 Å². The maximum atomic E-state index is 6.17. The van der Waals surface area contributed by atoms with Crippen molar-refractivity contribution < 1.29 is 4.42 Å². The molecule has 7 aromatic rings. The van der Waals surface area contributed by atoms with Gasteiger partial charge < -0.3 is 8.98 Å². The van der Waals surface area contributed by atoms with E-state index in [9.17, 15) is 0 Å². The molecule has 2 nitrogen and oxygen atoms in total. The monoisotopic (exact) mass is 707 g/mol. The Morgan fingerprint density at radius 1 is 0.545 bits per heavy atom. The van der Waals surface area contributed by atoms with E-state index in [1.54, 1.807) is 0 Å². The molecule has 0 amide bonds. The fourth-order valence-corrected chi connectivity index (χ4v) is 9.71. The summed E-state index contributed by atoms with van der Waals surface area (Å²) in [6.07, 6.45) is 34.1. The third-order valence-corrected chi connectivity index (χ3v) is 12.5. The van der Waals surface area contributed by atoms with Gasteiger partial charge in [0.15, 0.2) is 0 Å². The summed E-state index contributed by atoms with van der Waals surface area (Å²) in [7, 11) is 0. The van der Waals surface area contributed by atoms with Crippen molar-refractivity contribution >= 4 is 49.3 Å². The van der Waals surface area contributed by atoms with Gasteiger partial charge in [-0.1, -0.05) is 140 Å². The van der Waals surface area contributed by atoms with E-state index < -0.39 is 0 Å². The average Bonchev–Trinajstić information content (AvgIpc) is 3.79. The summed E-state index contributed by atoms with van der Waals surface area (Å²) < 4.78 is 8.72. The van der Waals surface area contributed by atoms with Gasteiger partial charge in [-0.25, -0.2) is 0 Å². The van der Waals surface area contributed by atoms with Gasteiger partial charge >= 0.3 is 0 Å². The van der Waals surface area contributed by atoms with Crippen LogP contribution in [0.5, 0.6) is 0 Å². The smallest absolute Gasteiger partial charge is 0.135 e. The molecule has 0 radical (unpaired) electrons. The minimum Gasteiger partial charge on any atom is -0.456 e. The summed E-state index contributed by atoms with van der Waals surface area (Å²) >= 11 is 0. The molecule has 0 saturated heterocycles. The first-order valence-corrected chi connectivity index (χ1v) is 19.7. The van der Waals surface area contributed by atoms with Crippen LogP contribution in [-0.2, 0) is 0 Å². The van der Waals surface area contributed by atoms with Crippen LogP contribution in [0.15, 0.2) is 192 Å². The molecule has 2 heterocycles. The Balaban J connectivity index is 1.01. The van der Waals surface area contributed by atoms with Crippen molar-refractivity contribution in [2.45, 2.75) is 37.5 Å². The van der Waals surface area contributed by atoms with E-state index in [-0.39, 0.29) is 11.8 Å². The van der Waals surface area contributed by atoms with Crippen LogP contribution in [0.3, 0.4) is 0 Å². The van der Waals surface area contributed by atoms with Gasteiger partial charge in [-0.2, -0.15) is 0 Å². The lowest BCUT2D eigenvalue weighted by Gasteiger charge is -2.31. The van der Waals surface area contributed by atoms with Crippen molar-refractivity contribution in [3.05, 3.63) is 216 Å². The van der Waals surface area contributed by atoms with Crippen molar-refractivity contribution in [1.29, 1.82) is 0 Å². The molecule has 0 saturated carbocycles. The third kappa shape index (κ3) is 5.23. The largest absolute Gasteiger partial charge is 0.456 e. The van der Waals surface area contributed by atoms with Gasteiger partial charge in [0, 0.05) is 50.9 Å². The minimum atomic E-state index is 0.221. The normalized spacial score (nSPS) is 21.5. The number of para-hydroxylation sites is 2. The number of fused-ring (bicyclic) bond motifs is 7. The number of hydrogen-bond donors (Lipinski definition) is 0. The quantitative estimate of drug-likeness (QED) is 0.174. The van der Waals surface area contributed by atoms with Gasteiger partial charge in [0.2, 0.25) is 0 Å². The summed E-state index contributed by atoms with van der Waals surface area (Å²) in [4.78, 5) is 0. The van der Waals surface area contributed by atoms with E-state index in [0.717, 1.165) is 34.8 Å². The first-order chi connectivity index (χ1) is 27.2. The molecule has 4 atom stereocenters. The standard InChI is InChI=1S/C53H41NO/c1-34-46(36-16-6-3-7-17-36)32-39(35-14-4-2-5-15-35)33-51(34)54-49-24-10-8-18-44(49)47-30-37(26-28-50(47)54)40-20-12-23-43-41(21-13-22-42(40)43)38-27-29-53-48(31-38)45-19-9-11-25-52(45)55-53/h2-14,16,18-33,35-36,40,42H,15,17H2,1H3. The van der Waals surface area contributed by atoms with Crippen molar-refractivity contribution in [1.82, 2.24) is 4.57 Å². The predicted octanol–water partition coefficient (Wildman–Crippen LogP) is 14.0. The van der Waals surface area contributed by atoms with Gasteiger partial charge in [0.05, 0.1) is 11.0 Å². The maximum absolute atomic E-state index is 6.17. The molecule has 0 fully saturated rings. The first-order valence-electron chi connectivity index (χ1n) is 19.7. The van der Waals surface area contributed by atoms with Crippen molar-refractivity contribution in [2.24, 2.45) is 5.92 Å². The second-order valence-corrected chi connectivity index (χ2v) is 15.5. The second-order valence-electron chi connectivity index (χ2n) is 15.5. The maximum Gasteiger partial charge on any atom is 0.135 e. The Kier molecular flexibility index (Phi) is 7.52. The first kappa shape index (κ1) is 32.1. The Hall–Kier alpha value is -6.38. The molecule has 2 aromatic heterocycles. The fourth-order valence-electron chi connectivity index (χ4n) is 9.71. The second kappa shape index (κ2) is 12.9. The molecular formula is C53H41NO. The number of allylic oxidation sites excluding steroid dienone is 16. The predicted molar refractivity (Wildman–Crippen MR) is 231 cm³/mol. The molecule has 55 heavy (non-hydrogen) atoms. The lowest BCUT2D eigenvalue weighted by Crippen LogP contribution is -2.17. The van der Waals surface area contributed by atoms with Crippen LogP contribution in [0, 0.1) is 12.8 Å². The van der Waals surface area contributed by atoms with Gasteiger partial charge in [0.1, 0.15) is 11.2 Å². The molecule has 0 spiro atoms. The SMILES string of the molecule is Cc1c(C2C=CC=CC2)cc(C2C=CC=CC2)cc1-n1c2ccccc2c2cc(C3C=CC=C4C(c5ccc6oc7ccccc7c6c5)=CC=CC43)ccc21. The van der Waals surface area contributed by atoms with E-state index in [1.807, 2.05) is 6.07 Å². The number of benzene rings is 5. The Labute approximate surface area is 321 Å². The molecular weight excluding hydrogens is 667 g/mol. The molecule has 11 rings (SSSR count). The van der Waals surface area contributed by atoms with Crippen LogP contribution in [0.1, 0.15) is 58.4 Å². The molecule has 4 aliphatic rings. The molecule has 264 valence electrons. The van der Waals surface area contributed by atoms with E-state index in [2.05, 4.69) is 188 Å². The molecule has 2 heteroatoms. The summed E-state index contributed by atoms with van der Waals surface area (Å²) in [5, 5.41) is 4.92. The molecule has 5 aromatic carbocycles. The van der Waals surface area contributed by atoms with Crippen molar-refractivity contribution in [2.75, 3.05) is 0 Å². The van der Waals surface area contributed by atoms with Gasteiger partial charge in [-0.15, -0.1) is 0 Å². The zero-order valence-corrected chi connectivity index (χ0v) is 30.9. The third-order valence-electron chi connectivity index (χ3n) is 12.5. The van der Waals surface area contributed by atoms with Gasteiger partial charge in [0.25, 0.3) is 0 Å². The van der Waals surface area contributed by atoms with Gasteiger partial charge in [-0.05, 0) is 101 Å². The van der Waals surface area contributed by atoms with E-state index in [0.29, 0.717) is 11.8 Å². The van der Waals surface area contributed by atoms with E-state index in [1.165, 1.54) is 66.5 Å². The zero-order valence-electron chi connectivity index (χ0n) is 30.9. The topological polar surface area (TPSA) is 18.1 Å². The Bertz CT molecular complexity index is 2960. The van der Waals surface area contributed by atoms with Crippen LogP contribution in [0.25, 0.3) is 55.0 Å².